The molecule has 1 aliphatic rings. The SMILES string of the molecule is O=C(O)C1(c2cccc3[nH]cc(Br)c23)CCC1. The van der Waals surface area contributed by atoms with E-state index in [4.69, 9.17) is 0 Å². The third-order valence-electron chi connectivity index (χ3n) is 3.79. The molecule has 1 aromatic heterocycles. The largest absolute Gasteiger partial charge is 0.481 e. The first-order chi connectivity index (χ1) is 8.15. The molecule has 0 bridgehead atoms. The van der Waals surface area contributed by atoms with Crippen LogP contribution < -0.4 is 0 Å². The van der Waals surface area contributed by atoms with Gasteiger partial charge in [0.15, 0.2) is 0 Å². The Morgan fingerprint density at radius 2 is 2.18 bits per heavy atom. The van der Waals surface area contributed by atoms with E-state index in [1.54, 1.807) is 0 Å². The Bertz CT molecular complexity index is 598. The van der Waals surface area contributed by atoms with E-state index in [2.05, 4.69) is 20.9 Å². The van der Waals surface area contributed by atoms with Crippen LogP contribution in [0.4, 0.5) is 0 Å². The van der Waals surface area contributed by atoms with E-state index in [0.717, 1.165) is 40.2 Å². The number of carbonyl (C=O) groups is 1. The summed E-state index contributed by atoms with van der Waals surface area (Å²) in [6, 6.07) is 5.83. The monoisotopic (exact) mass is 293 g/mol. The maximum Gasteiger partial charge on any atom is 0.314 e. The predicted octanol–water partition coefficient (Wildman–Crippen LogP) is 3.44. The third kappa shape index (κ3) is 1.37. The minimum Gasteiger partial charge on any atom is -0.481 e. The lowest BCUT2D eigenvalue weighted by Crippen LogP contribution is -2.42. The van der Waals surface area contributed by atoms with Gasteiger partial charge in [-0.1, -0.05) is 18.6 Å². The van der Waals surface area contributed by atoms with Crippen molar-refractivity contribution >= 4 is 32.8 Å². The summed E-state index contributed by atoms with van der Waals surface area (Å²) >= 11 is 3.49. The summed E-state index contributed by atoms with van der Waals surface area (Å²) in [4.78, 5) is 14.7. The molecule has 1 heterocycles. The molecule has 88 valence electrons. The number of aromatic nitrogens is 1. The van der Waals surface area contributed by atoms with E-state index in [0.29, 0.717) is 0 Å². The van der Waals surface area contributed by atoms with Crippen molar-refractivity contribution in [3.8, 4) is 0 Å². The summed E-state index contributed by atoms with van der Waals surface area (Å²) in [5, 5.41) is 10.5. The molecule has 0 spiro atoms. The molecule has 0 atom stereocenters. The van der Waals surface area contributed by atoms with E-state index in [1.807, 2.05) is 24.4 Å². The molecule has 1 aromatic carbocycles. The molecule has 17 heavy (non-hydrogen) atoms. The number of rotatable bonds is 2. The summed E-state index contributed by atoms with van der Waals surface area (Å²) in [7, 11) is 0. The highest BCUT2D eigenvalue weighted by Crippen LogP contribution is 2.47. The quantitative estimate of drug-likeness (QED) is 0.891. The number of benzene rings is 1. The Morgan fingerprint density at radius 3 is 2.76 bits per heavy atom. The molecule has 1 saturated carbocycles. The van der Waals surface area contributed by atoms with Crippen molar-refractivity contribution in [2.45, 2.75) is 24.7 Å². The molecule has 2 aromatic rings. The molecular weight excluding hydrogens is 282 g/mol. The van der Waals surface area contributed by atoms with Crippen molar-refractivity contribution in [3.05, 3.63) is 34.4 Å². The second-order valence-electron chi connectivity index (χ2n) is 4.61. The second-order valence-corrected chi connectivity index (χ2v) is 5.46. The molecule has 1 fully saturated rings. The number of carboxylic acid groups (broad SMARTS) is 1. The van der Waals surface area contributed by atoms with Crippen LogP contribution in [0.25, 0.3) is 10.9 Å². The third-order valence-corrected chi connectivity index (χ3v) is 4.42. The molecule has 1 aliphatic carbocycles. The van der Waals surface area contributed by atoms with Crippen LogP contribution in [0.15, 0.2) is 28.9 Å². The number of nitrogens with one attached hydrogen (secondary N) is 1. The van der Waals surface area contributed by atoms with Gasteiger partial charge in [0.1, 0.15) is 0 Å². The van der Waals surface area contributed by atoms with Gasteiger partial charge in [-0.15, -0.1) is 0 Å². The number of aromatic amines is 1. The van der Waals surface area contributed by atoms with Crippen LogP contribution in [-0.2, 0) is 10.2 Å². The van der Waals surface area contributed by atoms with Crippen molar-refractivity contribution in [2.24, 2.45) is 0 Å². The Kier molecular flexibility index (Phi) is 2.30. The zero-order chi connectivity index (χ0) is 12.0. The fraction of sp³-hybridized carbons (Fsp3) is 0.308. The highest BCUT2D eigenvalue weighted by atomic mass is 79.9. The average molecular weight is 294 g/mol. The first-order valence-electron chi connectivity index (χ1n) is 5.65. The topological polar surface area (TPSA) is 53.1 Å². The molecular formula is C13H12BrNO2. The van der Waals surface area contributed by atoms with Gasteiger partial charge in [-0.25, -0.2) is 0 Å². The number of hydrogen-bond donors (Lipinski definition) is 2. The van der Waals surface area contributed by atoms with Crippen molar-refractivity contribution in [1.29, 1.82) is 0 Å². The van der Waals surface area contributed by atoms with Crippen LogP contribution in [-0.4, -0.2) is 16.1 Å². The fourth-order valence-electron chi connectivity index (χ4n) is 2.67. The van der Waals surface area contributed by atoms with E-state index in [1.165, 1.54) is 0 Å². The zero-order valence-corrected chi connectivity index (χ0v) is 10.8. The van der Waals surface area contributed by atoms with Gasteiger partial charge in [-0.2, -0.15) is 0 Å². The van der Waals surface area contributed by atoms with Gasteiger partial charge in [0.05, 0.1) is 5.41 Å². The van der Waals surface area contributed by atoms with Gasteiger partial charge in [0.25, 0.3) is 0 Å². The Labute approximate surface area is 107 Å². The number of aliphatic carboxylic acids is 1. The number of H-pyrrole nitrogens is 1. The van der Waals surface area contributed by atoms with E-state index < -0.39 is 11.4 Å². The number of halogens is 1. The van der Waals surface area contributed by atoms with Crippen molar-refractivity contribution in [1.82, 2.24) is 4.98 Å². The minimum absolute atomic E-state index is 0.676. The second kappa shape index (κ2) is 3.60. The van der Waals surface area contributed by atoms with Gasteiger partial charge in [0.2, 0.25) is 0 Å². The molecule has 3 nitrogen and oxygen atoms in total. The van der Waals surface area contributed by atoms with Crippen LogP contribution in [0.2, 0.25) is 0 Å². The zero-order valence-electron chi connectivity index (χ0n) is 9.16. The van der Waals surface area contributed by atoms with Crippen LogP contribution >= 0.6 is 15.9 Å². The number of hydrogen-bond acceptors (Lipinski definition) is 1. The molecule has 4 heteroatoms. The Morgan fingerprint density at radius 1 is 1.41 bits per heavy atom. The van der Waals surface area contributed by atoms with Gasteiger partial charge in [-0.3, -0.25) is 4.79 Å². The first kappa shape index (κ1) is 10.8. The summed E-state index contributed by atoms with van der Waals surface area (Å²) in [5.41, 5.74) is 1.24. The van der Waals surface area contributed by atoms with Crippen molar-refractivity contribution < 1.29 is 9.90 Å². The summed E-state index contributed by atoms with van der Waals surface area (Å²) in [5.74, 6) is -0.704. The lowest BCUT2D eigenvalue weighted by atomic mass is 9.64. The van der Waals surface area contributed by atoms with Crippen molar-refractivity contribution in [3.63, 3.8) is 0 Å². The van der Waals surface area contributed by atoms with Crippen molar-refractivity contribution in [2.75, 3.05) is 0 Å². The molecule has 2 N–H and O–H groups in total. The van der Waals surface area contributed by atoms with Crippen LogP contribution in [0.5, 0.6) is 0 Å². The highest BCUT2D eigenvalue weighted by molar-refractivity contribution is 9.10. The van der Waals surface area contributed by atoms with E-state index in [9.17, 15) is 9.90 Å². The fourth-order valence-corrected chi connectivity index (χ4v) is 3.21. The Hall–Kier alpha value is -1.29. The lowest BCUT2D eigenvalue weighted by Gasteiger charge is -2.38. The maximum atomic E-state index is 11.6. The molecule has 0 aliphatic heterocycles. The summed E-state index contributed by atoms with van der Waals surface area (Å²) in [6.45, 7) is 0. The normalized spacial score (nSPS) is 17.9. The standard InChI is InChI=1S/C13H12BrNO2/c14-9-7-15-10-4-1-3-8(11(9)10)13(12(16)17)5-2-6-13/h1,3-4,7,15H,2,5-6H2,(H,16,17). The van der Waals surface area contributed by atoms with Gasteiger partial charge in [0, 0.05) is 21.6 Å². The van der Waals surface area contributed by atoms with Gasteiger partial charge in [-0.05, 0) is 40.4 Å². The predicted molar refractivity (Wildman–Crippen MR) is 69.2 cm³/mol. The van der Waals surface area contributed by atoms with Crippen LogP contribution in [0.3, 0.4) is 0 Å². The van der Waals surface area contributed by atoms with Gasteiger partial charge >= 0.3 is 5.97 Å². The lowest BCUT2D eigenvalue weighted by molar-refractivity contribution is -0.147. The van der Waals surface area contributed by atoms with E-state index in [-0.39, 0.29) is 0 Å². The van der Waals surface area contributed by atoms with Crippen LogP contribution in [0, 0.1) is 0 Å². The summed E-state index contributed by atoms with van der Waals surface area (Å²) < 4.78 is 0.940. The molecule has 0 radical (unpaired) electrons. The van der Waals surface area contributed by atoms with E-state index >= 15 is 0 Å². The minimum atomic E-state index is -0.704. The van der Waals surface area contributed by atoms with Crippen LogP contribution in [0.1, 0.15) is 24.8 Å². The number of carboxylic acids is 1. The molecule has 0 amide bonds. The first-order valence-corrected chi connectivity index (χ1v) is 6.44. The molecule has 0 unspecified atom stereocenters. The average Bonchev–Trinajstić information content (AvgIpc) is 2.59. The summed E-state index contributed by atoms with van der Waals surface area (Å²) in [6.07, 6.45) is 4.32. The van der Waals surface area contributed by atoms with Gasteiger partial charge < -0.3 is 10.1 Å². The number of fused-ring (bicyclic) bond motifs is 1. The Balaban J connectivity index is 2.30. The smallest absolute Gasteiger partial charge is 0.314 e. The molecule has 3 rings (SSSR count). The maximum absolute atomic E-state index is 11.6. The molecule has 0 saturated heterocycles. The highest BCUT2D eigenvalue weighted by Gasteiger charge is 2.47.